The molecule has 21 heavy (non-hydrogen) atoms. The molecule has 0 heterocycles. The smallest absolute Gasteiger partial charge is 0.346 e. The molecule has 0 bridgehead atoms. The summed E-state index contributed by atoms with van der Waals surface area (Å²) in [5, 5.41) is 0. The lowest BCUT2D eigenvalue weighted by Crippen LogP contribution is -2.05. The Balaban J connectivity index is 3.32. The van der Waals surface area contributed by atoms with Crippen LogP contribution in [-0.4, -0.2) is 26.2 Å². The van der Waals surface area contributed by atoms with Crippen LogP contribution in [0.3, 0.4) is 0 Å². The van der Waals surface area contributed by atoms with Crippen LogP contribution in [-0.2, 0) is 14.3 Å². The van der Waals surface area contributed by atoms with Crippen molar-refractivity contribution in [2.24, 2.45) is 5.92 Å². The Bertz CT molecular complexity index is 588. The molecule has 0 spiro atoms. The molecule has 4 heteroatoms. The van der Waals surface area contributed by atoms with Crippen LogP contribution in [0.25, 0.3) is 5.57 Å². The van der Waals surface area contributed by atoms with E-state index in [0.29, 0.717) is 16.7 Å². The first-order chi connectivity index (χ1) is 9.90. The van der Waals surface area contributed by atoms with E-state index >= 15 is 0 Å². The van der Waals surface area contributed by atoms with Gasteiger partial charge in [0.25, 0.3) is 0 Å². The molecule has 0 saturated carbocycles. The first-order valence-electron chi connectivity index (χ1n) is 6.65. The van der Waals surface area contributed by atoms with E-state index in [9.17, 15) is 9.59 Å². The van der Waals surface area contributed by atoms with E-state index in [2.05, 4.69) is 10.5 Å². The molecule has 1 aromatic rings. The summed E-state index contributed by atoms with van der Waals surface area (Å²) >= 11 is 0. The van der Waals surface area contributed by atoms with Gasteiger partial charge < -0.3 is 9.47 Å². The molecule has 0 fully saturated rings. The molecule has 4 nitrogen and oxygen atoms in total. The van der Waals surface area contributed by atoms with E-state index in [1.54, 1.807) is 24.3 Å². The minimum absolute atomic E-state index is 0.277. The lowest BCUT2D eigenvalue weighted by molar-refractivity contribution is -0.133. The van der Waals surface area contributed by atoms with Crippen LogP contribution in [0, 0.1) is 5.92 Å². The van der Waals surface area contributed by atoms with E-state index in [0.717, 1.165) is 5.57 Å². The molecule has 0 aliphatic heterocycles. The fourth-order valence-corrected chi connectivity index (χ4v) is 1.58. The zero-order valence-corrected chi connectivity index (χ0v) is 13.0. The van der Waals surface area contributed by atoms with Gasteiger partial charge in [0.15, 0.2) is 0 Å². The van der Waals surface area contributed by atoms with Gasteiger partial charge in [0.2, 0.25) is 0 Å². The number of esters is 2. The number of hydrogen-bond acceptors (Lipinski definition) is 4. The van der Waals surface area contributed by atoms with Crippen molar-refractivity contribution in [2.45, 2.75) is 20.8 Å². The summed E-state index contributed by atoms with van der Waals surface area (Å²) in [5.74, 6) is -0.598. The second-order valence-electron chi connectivity index (χ2n) is 4.90. The first kappa shape index (κ1) is 16.7. The highest BCUT2D eigenvalue weighted by Gasteiger charge is 2.14. The predicted molar refractivity (Wildman–Crippen MR) is 80.7 cm³/mol. The van der Waals surface area contributed by atoms with Crippen LogP contribution in [0.1, 0.15) is 36.7 Å². The molecule has 0 aliphatic rings. The van der Waals surface area contributed by atoms with Gasteiger partial charge in [-0.1, -0.05) is 26.0 Å². The zero-order valence-electron chi connectivity index (χ0n) is 13.0. The van der Waals surface area contributed by atoms with Crippen LogP contribution < -0.4 is 0 Å². The van der Waals surface area contributed by atoms with Gasteiger partial charge in [-0.05, 0) is 36.1 Å². The summed E-state index contributed by atoms with van der Waals surface area (Å²) in [5.41, 5.74) is 5.46. The highest BCUT2D eigenvalue weighted by Crippen LogP contribution is 2.18. The van der Waals surface area contributed by atoms with Crippen molar-refractivity contribution < 1.29 is 19.1 Å². The Kier molecular flexibility index (Phi) is 5.94. The number of benzene rings is 1. The van der Waals surface area contributed by atoms with E-state index in [1.165, 1.54) is 14.2 Å². The highest BCUT2D eigenvalue weighted by molar-refractivity contribution is 6.16. The highest BCUT2D eigenvalue weighted by atomic mass is 16.5. The Labute approximate surface area is 125 Å². The number of hydrogen-bond donors (Lipinski definition) is 0. The fourth-order valence-electron chi connectivity index (χ4n) is 1.58. The van der Waals surface area contributed by atoms with Gasteiger partial charge in [-0.15, -0.1) is 5.73 Å². The third kappa shape index (κ3) is 4.33. The van der Waals surface area contributed by atoms with Gasteiger partial charge in [-0.2, -0.15) is 0 Å². The van der Waals surface area contributed by atoms with E-state index < -0.39 is 11.9 Å². The molecule has 0 radical (unpaired) electrons. The quantitative estimate of drug-likeness (QED) is 0.485. The van der Waals surface area contributed by atoms with Crippen molar-refractivity contribution in [1.29, 1.82) is 0 Å². The Hall–Kier alpha value is -2.32. The fraction of sp³-hybridized carbons (Fsp3) is 0.353. The average Bonchev–Trinajstić information content (AvgIpc) is 2.50. The summed E-state index contributed by atoms with van der Waals surface area (Å²) in [7, 11) is 2.66. The minimum Gasteiger partial charge on any atom is -0.465 e. The standard InChI is InChI=1S/C17H20O4/c1-11(2)12(3)10-15(17(19)21-5)13-6-8-14(9-7-13)16(18)20-4/h6-9,11H,1-5H3. The normalized spacial score (nSPS) is 9.81. The van der Waals surface area contributed by atoms with E-state index in [4.69, 9.17) is 4.74 Å². The molecule has 0 unspecified atom stereocenters. The van der Waals surface area contributed by atoms with Crippen molar-refractivity contribution in [1.82, 2.24) is 0 Å². The summed E-state index contributed by atoms with van der Waals surface area (Å²) in [6.45, 7) is 5.96. The average molecular weight is 288 g/mol. The molecule has 0 N–H and O–H groups in total. The molecular formula is C17H20O4. The predicted octanol–water partition coefficient (Wildman–Crippen LogP) is 3.23. The van der Waals surface area contributed by atoms with Gasteiger partial charge in [0.05, 0.1) is 19.8 Å². The molecule has 112 valence electrons. The Morgan fingerprint density at radius 1 is 1.00 bits per heavy atom. The molecule has 1 rings (SSSR count). The van der Waals surface area contributed by atoms with E-state index in [-0.39, 0.29) is 5.92 Å². The monoisotopic (exact) mass is 288 g/mol. The lowest BCUT2D eigenvalue weighted by Gasteiger charge is -2.06. The Morgan fingerprint density at radius 2 is 1.52 bits per heavy atom. The van der Waals surface area contributed by atoms with Crippen molar-refractivity contribution >= 4 is 17.5 Å². The summed E-state index contributed by atoms with van der Waals surface area (Å²) < 4.78 is 9.45. The second-order valence-corrected chi connectivity index (χ2v) is 4.90. The maximum atomic E-state index is 11.9. The third-order valence-corrected chi connectivity index (χ3v) is 3.17. The summed E-state index contributed by atoms with van der Waals surface area (Å²) in [6, 6.07) is 6.57. The second kappa shape index (κ2) is 7.46. The van der Waals surface area contributed by atoms with Gasteiger partial charge in [0, 0.05) is 0 Å². The number of carbonyl (C=O) groups excluding carboxylic acids is 2. The van der Waals surface area contributed by atoms with Crippen molar-refractivity contribution in [3.8, 4) is 0 Å². The number of methoxy groups -OCH3 is 2. The molecular weight excluding hydrogens is 268 g/mol. The number of ether oxygens (including phenoxy) is 2. The largest absolute Gasteiger partial charge is 0.465 e. The van der Waals surface area contributed by atoms with Crippen LogP contribution in [0.5, 0.6) is 0 Å². The third-order valence-electron chi connectivity index (χ3n) is 3.17. The maximum Gasteiger partial charge on any atom is 0.346 e. The van der Waals surface area contributed by atoms with Crippen LogP contribution in [0.4, 0.5) is 0 Å². The number of carbonyl (C=O) groups is 2. The van der Waals surface area contributed by atoms with Gasteiger partial charge in [-0.25, -0.2) is 9.59 Å². The molecule has 0 atom stereocenters. The maximum absolute atomic E-state index is 11.9. The van der Waals surface area contributed by atoms with Gasteiger partial charge in [-0.3, -0.25) is 0 Å². The number of rotatable bonds is 4. The van der Waals surface area contributed by atoms with Crippen molar-refractivity contribution in [3.63, 3.8) is 0 Å². The zero-order chi connectivity index (χ0) is 16.0. The molecule has 0 aromatic heterocycles. The molecule has 0 amide bonds. The van der Waals surface area contributed by atoms with Gasteiger partial charge >= 0.3 is 11.9 Å². The van der Waals surface area contributed by atoms with Crippen LogP contribution >= 0.6 is 0 Å². The molecule has 0 saturated heterocycles. The lowest BCUT2D eigenvalue weighted by atomic mass is 10.0. The van der Waals surface area contributed by atoms with Crippen molar-refractivity contribution in [2.75, 3.05) is 14.2 Å². The topological polar surface area (TPSA) is 52.6 Å². The van der Waals surface area contributed by atoms with Crippen LogP contribution in [0.2, 0.25) is 0 Å². The Morgan fingerprint density at radius 3 is 1.95 bits per heavy atom. The van der Waals surface area contributed by atoms with Gasteiger partial charge in [0.1, 0.15) is 5.57 Å². The minimum atomic E-state index is -0.458. The summed E-state index contributed by atoms with van der Waals surface area (Å²) in [4.78, 5) is 23.3. The first-order valence-corrected chi connectivity index (χ1v) is 6.65. The van der Waals surface area contributed by atoms with Crippen LogP contribution in [0.15, 0.2) is 35.6 Å². The molecule has 0 aliphatic carbocycles. The van der Waals surface area contributed by atoms with Crippen molar-refractivity contribution in [3.05, 3.63) is 46.7 Å². The SMILES string of the molecule is COC(=O)C(=C=C(C)C(C)C)c1ccc(C(=O)OC)cc1. The van der Waals surface area contributed by atoms with E-state index in [1.807, 2.05) is 20.8 Å². The molecule has 1 aromatic carbocycles. The summed E-state index contributed by atoms with van der Waals surface area (Å²) in [6.07, 6.45) is 0.